The Bertz CT molecular complexity index is 845. The maximum Gasteiger partial charge on any atom is 0.275 e. The molecule has 0 unspecified atom stereocenters. The molecule has 0 radical (unpaired) electrons. The fraction of sp³-hybridized carbons (Fsp3) is 0. The molecule has 1 amide bonds. The molecule has 0 aliphatic heterocycles. The number of carbonyl (C=O) groups excluding carboxylic acids is 1. The summed E-state index contributed by atoms with van der Waals surface area (Å²) in [5.41, 5.74) is 3.35. The fourth-order valence-corrected chi connectivity index (χ4v) is 2.09. The summed E-state index contributed by atoms with van der Waals surface area (Å²) < 4.78 is 0. The SMILES string of the molecule is O=C(N/N=C\c1cccnc1)c1cc2ccccc2cc1O. The molecule has 5 nitrogen and oxygen atoms in total. The highest BCUT2D eigenvalue weighted by molar-refractivity contribution is 6.01. The first-order valence-electron chi connectivity index (χ1n) is 6.69. The number of hydrogen-bond acceptors (Lipinski definition) is 4. The van der Waals surface area contributed by atoms with E-state index >= 15 is 0 Å². The van der Waals surface area contributed by atoms with Crippen molar-refractivity contribution in [3.05, 3.63) is 72.1 Å². The molecule has 2 N–H and O–H groups in total. The molecule has 0 spiro atoms. The first-order chi connectivity index (χ1) is 10.7. The zero-order valence-electron chi connectivity index (χ0n) is 11.6. The van der Waals surface area contributed by atoms with E-state index in [1.807, 2.05) is 30.3 Å². The van der Waals surface area contributed by atoms with Crippen LogP contribution in [0.4, 0.5) is 0 Å². The number of pyridine rings is 1. The van der Waals surface area contributed by atoms with Gasteiger partial charge in [0.1, 0.15) is 5.75 Å². The van der Waals surface area contributed by atoms with Gasteiger partial charge in [-0.3, -0.25) is 9.78 Å². The van der Waals surface area contributed by atoms with Crippen molar-refractivity contribution in [2.45, 2.75) is 0 Å². The molecule has 1 aromatic heterocycles. The summed E-state index contributed by atoms with van der Waals surface area (Å²) in [6, 6.07) is 14.3. The summed E-state index contributed by atoms with van der Waals surface area (Å²) in [7, 11) is 0. The van der Waals surface area contributed by atoms with Crippen LogP contribution in [-0.4, -0.2) is 22.2 Å². The molecule has 108 valence electrons. The van der Waals surface area contributed by atoms with Gasteiger partial charge in [-0.2, -0.15) is 5.10 Å². The van der Waals surface area contributed by atoms with Gasteiger partial charge in [0.25, 0.3) is 5.91 Å². The highest BCUT2D eigenvalue weighted by Gasteiger charge is 2.11. The first kappa shape index (κ1) is 13.8. The second kappa shape index (κ2) is 6.05. The van der Waals surface area contributed by atoms with Gasteiger partial charge in [0.2, 0.25) is 0 Å². The van der Waals surface area contributed by atoms with Crippen LogP contribution in [0, 0.1) is 0 Å². The molecule has 0 aliphatic rings. The van der Waals surface area contributed by atoms with E-state index in [9.17, 15) is 9.90 Å². The Labute approximate surface area is 126 Å². The van der Waals surface area contributed by atoms with Gasteiger partial charge in [-0.1, -0.05) is 30.3 Å². The van der Waals surface area contributed by atoms with E-state index in [0.717, 1.165) is 16.3 Å². The largest absolute Gasteiger partial charge is 0.507 e. The molecule has 1 heterocycles. The highest BCUT2D eigenvalue weighted by atomic mass is 16.3. The number of aromatic nitrogens is 1. The predicted molar refractivity (Wildman–Crippen MR) is 84.9 cm³/mol. The van der Waals surface area contributed by atoms with Gasteiger partial charge in [0.05, 0.1) is 11.8 Å². The summed E-state index contributed by atoms with van der Waals surface area (Å²) >= 11 is 0. The summed E-state index contributed by atoms with van der Waals surface area (Å²) in [6.07, 6.45) is 4.77. The van der Waals surface area contributed by atoms with Crippen molar-refractivity contribution >= 4 is 22.9 Å². The number of amides is 1. The van der Waals surface area contributed by atoms with Gasteiger partial charge < -0.3 is 5.11 Å². The van der Waals surface area contributed by atoms with Crippen LogP contribution >= 0.6 is 0 Å². The van der Waals surface area contributed by atoms with Crippen LogP contribution in [0.15, 0.2) is 66.0 Å². The van der Waals surface area contributed by atoms with Gasteiger partial charge >= 0.3 is 0 Å². The zero-order valence-corrected chi connectivity index (χ0v) is 11.6. The van der Waals surface area contributed by atoms with Crippen molar-refractivity contribution in [3.8, 4) is 5.75 Å². The van der Waals surface area contributed by atoms with E-state index in [2.05, 4.69) is 15.5 Å². The topological polar surface area (TPSA) is 74.6 Å². The van der Waals surface area contributed by atoms with E-state index in [-0.39, 0.29) is 11.3 Å². The van der Waals surface area contributed by atoms with Gasteiger partial charge in [0, 0.05) is 18.0 Å². The van der Waals surface area contributed by atoms with Crippen LogP contribution in [0.5, 0.6) is 5.75 Å². The molecule has 0 saturated carbocycles. The Balaban J connectivity index is 1.80. The van der Waals surface area contributed by atoms with Gasteiger partial charge in [-0.25, -0.2) is 5.43 Å². The van der Waals surface area contributed by atoms with Gasteiger partial charge in [-0.15, -0.1) is 0 Å². The number of phenolic OH excluding ortho intramolecular Hbond substituents is 1. The molecule has 0 fully saturated rings. The first-order valence-corrected chi connectivity index (χ1v) is 6.69. The molecule has 3 rings (SSSR count). The third-order valence-corrected chi connectivity index (χ3v) is 3.17. The molecular formula is C17H13N3O2. The van der Waals surface area contributed by atoms with Crippen LogP contribution in [0.25, 0.3) is 10.8 Å². The Kier molecular flexibility index (Phi) is 3.78. The van der Waals surface area contributed by atoms with Crippen molar-refractivity contribution in [2.75, 3.05) is 0 Å². The van der Waals surface area contributed by atoms with Gasteiger partial charge in [0.15, 0.2) is 0 Å². The van der Waals surface area contributed by atoms with Crippen molar-refractivity contribution in [1.82, 2.24) is 10.4 Å². The molecule has 2 aromatic carbocycles. The number of benzene rings is 2. The quantitative estimate of drug-likeness (QED) is 0.575. The van der Waals surface area contributed by atoms with E-state index < -0.39 is 5.91 Å². The molecule has 22 heavy (non-hydrogen) atoms. The summed E-state index contributed by atoms with van der Waals surface area (Å²) in [5.74, 6) is -0.545. The summed E-state index contributed by atoms with van der Waals surface area (Å²) in [5, 5.41) is 15.6. The number of nitrogens with zero attached hydrogens (tertiary/aromatic N) is 2. The average Bonchev–Trinajstić information content (AvgIpc) is 2.55. The number of aromatic hydroxyl groups is 1. The Morgan fingerprint density at radius 3 is 2.64 bits per heavy atom. The fourth-order valence-electron chi connectivity index (χ4n) is 2.09. The van der Waals surface area contributed by atoms with Crippen molar-refractivity contribution in [3.63, 3.8) is 0 Å². The Hall–Kier alpha value is -3.21. The molecule has 0 saturated heterocycles. The highest BCUT2D eigenvalue weighted by Crippen LogP contribution is 2.24. The number of fused-ring (bicyclic) bond motifs is 1. The maximum absolute atomic E-state index is 12.1. The number of hydrogen-bond donors (Lipinski definition) is 2. The predicted octanol–water partition coefficient (Wildman–Crippen LogP) is 2.70. The van der Waals surface area contributed by atoms with Crippen LogP contribution in [0.1, 0.15) is 15.9 Å². The van der Waals surface area contributed by atoms with E-state index in [4.69, 9.17) is 0 Å². The van der Waals surface area contributed by atoms with Crippen molar-refractivity contribution in [1.29, 1.82) is 0 Å². The summed E-state index contributed by atoms with van der Waals surface area (Å²) in [4.78, 5) is 16.0. The minimum atomic E-state index is -0.469. The smallest absolute Gasteiger partial charge is 0.275 e. The number of rotatable bonds is 3. The van der Waals surface area contributed by atoms with Crippen LogP contribution in [0.3, 0.4) is 0 Å². The number of hydrazone groups is 1. The summed E-state index contributed by atoms with van der Waals surface area (Å²) in [6.45, 7) is 0. The lowest BCUT2D eigenvalue weighted by Crippen LogP contribution is -2.17. The molecule has 0 aliphatic carbocycles. The van der Waals surface area contributed by atoms with Gasteiger partial charge in [-0.05, 0) is 29.0 Å². The second-order valence-electron chi connectivity index (χ2n) is 4.70. The molecule has 0 bridgehead atoms. The minimum absolute atomic E-state index is 0.0761. The number of nitrogens with one attached hydrogen (secondary N) is 1. The Morgan fingerprint density at radius 1 is 1.14 bits per heavy atom. The second-order valence-corrected chi connectivity index (χ2v) is 4.70. The van der Waals surface area contributed by atoms with E-state index in [0.29, 0.717) is 0 Å². The standard InChI is InChI=1S/C17H13N3O2/c21-16-9-14-6-2-1-5-13(14)8-15(16)17(22)20-19-11-12-4-3-7-18-10-12/h1-11,21H,(H,20,22)/b19-11-. The maximum atomic E-state index is 12.1. The zero-order chi connectivity index (χ0) is 15.4. The Morgan fingerprint density at radius 2 is 1.91 bits per heavy atom. The van der Waals surface area contributed by atoms with Crippen LogP contribution in [0.2, 0.25) is 0 Å². The lowest BCUT2D eigenvalue weighted by Gasteiger charge is -2.05. The lowest BCUT2D eigenvalue weighted by atomic mass is 10.1. The molecule has 3 aromatic rings. The van der Waals surface area contributed by atoms with Crippen LogP contribution in [-0.2, 0) is 0 Å². The molecule has 0 atom stereocenters. The molecule has 5 heteroatoms. The normalized spacial score (nSPS) is 10.9. The monoisotopic (exact) mass is 291 g/mol. The number of phenols is 1. The minimum Gasteiger partial charge on any atom is -0.507 e. The molecular weight excluding hydrogens is 278 g/mol. The lowest BCUT2D eigenvalue weighted by molar-refractivity contribution is 0.0952. The van der Waals surface area contributed by atoms with E-state index in [1.165, 1.54) is 6.21 Å². The van der Waals surface area contributed by atoms with E-state index in [1.54, 1.807) is 30.6 Å². The van der Waals surface area contributed by atoms with Crippen molar-refractivity contribution in [2.24, 2.45) is 5.10 Å². The third-order valence-electron chi connectivity index (χ3n) is 3.17. The third kappa shape index (κ3) is 2.93. The van der Waals surface area contributed by atoms with Crippen molar-refractivity contribution < 1.29 is 9.90 Å². The average molecular weight is 291 g/mol. The van der Waals surface area contributed by atoms with Crippen LogP contribution < -0.4 is 5.43 Å². The number of carbonyl (C=O) groups is 1.